The lowest BCUT2D eigenvalue weighted by Crippen LogP contribution is -2.46. The van der Waals surface area contributed by atoms with Gasteiger partial charge in [0.2, 0.25) is 11.8 Å². The molecule has 1 atom stereocenters. The number of rotatable bonds is 4. The largest absolute Gasteiger partial charge is 0.416 e. The van der Waals surface area contributed by atoms with E-state index in [1.807, 2.05) is 11.0 Å². The Hall–Kier alpha value is -3.29. The molecule has 2 aromatic carbocycles. The average Bonchev–Trinajstić information content (AvgIpc) is 2.67. The van der Waals surface area contributed by atoms with Crippen LogP contribution in [0.15, 0.2) is 55.1 Å². The molecule has 0 fully saturated rings. The minimum Gasteiger partial charge on any atom is -0.348 e. The second kappa shape index (κ2) is 7.98. The zero-order chi connectivity index (χ0) is 21.2. The summed E-state index contributed by atoms with van der Waals surface area (Å²) in [5, 5.41) is 5.61. The molecule has 1 aliphatic rings. The summed E-state index contributed by atoms with van der Waals surface area (Å²) in [7, 11) is 0. The lowest BCUT2D eigenvalue weighted by molar-refractivity contribution is -0.137. The van der Waals surface area contributed by atoms with Crippen LogP contribution in [0, 0.1) is 0 Å². The Bertz CT molecular complexity index is 939. The van der Waals surface area contributed by atoms with E-state index in [0.29, 0.717) is 24.3 Å². The van der Waals surface area contributed by atoms with Crippen molar-refractivity contribution in [3.05, 3.63) is 66.2 Å². The smallest absolute Gasteiger partial charge is 0.348 e. The Balaban J connectivity index is 2.03. The van der Waals surface area contributed by atoms with E-state index >= 15 is 0 Å². The predicted molar refractivity (Wildman–Crippen MR) is 105 cm³/mol. The maximum Gasteiger partial charge on any atom is 0.416 e. The zero-order valence-corrected chi connectivity index (χ0v) is 15.7. The number of nitrogens with zero attached hydrogens (tertiary/aromatic N) is 1. The van der Waals surface area contributed by atoms with Gasteiger partial charge >= 0.3 is 6.18 Å². The molecule has 3 rings (SSSR count). The highest BCUT2D eigenvalue weighted by molar-refractivity contribution is 5.92. The number of hydrogen-bond donors (Lipinski definition) is 2. The lowest BCUT2D eigenvalue weighted by Gasteiger charge is -2.37. The minimum absolute atomic E-state index is 0.239. The Morgan fingerprint density at radius 2 is 1.86 bits per heavy atom. The summed E-state index contributed by atoms with van der Waals surface area (Å²) in [6.45, 7) is 5.21. The van der Waals surface area contributed by atoms with Gasteiger partial charge in [-0.3, -0.25) is 9.59 Å². The number of alkyl halides is 3. The van der Waals surface area contributed by atoms with E-state index < -0.39 is 11.7 Å². The van der Waals surface area contributed by atoms with E-state index in [1.54, 1.807) is 12.1 Å². The molecule has 1 aliphatic heterocycles. The molecule has 2 N–H and O–H groups in total. The number of fused-ring (bicyclic) bond motifs is 1. The van der Waals surface area contributed by atoms with Gasteiger partial charge in [0.25, 0.3) is 0 Å². The number of amides is 2. The Morgan fingerprint density at radius 1 is 1.17 bits per heavy atom. The van der Waals surface area contributed by atoms with Crippen molar-refractivity contribution in [2.75, 3.05) is 16.8 Å². The summed E-state index contributed by atoms with van der Waals surface area (Å²) in [5.41, 5.74) is 1.98. The highest BCUT2D eigenvalue weighted by atomic mass is 19.4. The molecule has 2 amide bonds. The molecule has 152 valence electrons. The van der Waals surface area contributed by atoms with Crippen molar-refractivity contribution in [3.63, 3.8) is 0 Å². The molecule has 0 saturated heterocycles. The zero-order valence-electron chi connectivity index (χ0n) is 15.7. The van der Waals surface area contributed by atoms with Gasteiger partial charge in [-0.2, -0.15) is 13.2 Å². The maximum atomic E-state index is 12.9. The molecule has 0 radical (unpaired) electrons. The summed E-state index contributed by atoms with van der Waals surface area (Å²) in [6, 6.07) is 9.89. The molecule has 5 nitrogen and oxygen atoms in total. The Morgan fingerprint density at radius 3 is 2.45 bits per heavy atom. The van der Waals surface area contributed by atoms with E-state index in [4.69, 9.17) is 0 Å². The van der Waals surface area contributed by atoms with Gasteiger partial charge in [0.1, 0.15) is 0 Å². The fourth-order valence-corrected chi connectivity index (χ4v) is 3.41. The first kappa shape index (κ1) is 20.4. The summed E-state index contributed by atoms with van der Waals surface area (Å²) in [6.07, 6.45) is -2.79. The van der Waals surface area contributed by atoms with Crippen molar-refractivity contribution in [3.8, 4) is 0 Å². The molecule has 0 bridgehead atoms. The van der Waals surface area contributed by atoms with Crippen molar-refractivity contribution < 1.29 is 22.8 Å². The van der Waals surface area contributed by atoms with E-state index in [-0.39, 0.29) is 17.9 Å². The van der Waals surface area contributed by atoms with Crippen molar-refractivity contribution in [1.29, 1.82) is 0 Å². The molecular weight excluding hydrogens is 383 g/mol. The minimum atomic E-state index is -4.42. The number of halogens is 3. The summed E-state index contributed by atoms with van der Waals surface area (Å²) < 4.78 is 38.7. The number of carbonyl (C=O) groups excluding carboxylic acids is 2. The van der Waals surface area contributed by atoms with Crippen LogP contribution in [-0.2, 0) is 22.2 Å². The van der Waals surface area contributed by atoms with Gasteiger partial charge in [-0.25, -0.2) is 0 Å². The molecule has 2 aromatic rings. The second-order valence-electron chi connectivity index (χ2n) is 6.75. The average molecular weight is 403 g/mol. The van der Waals surface area contributed by atoms with Crippen LogP contribution in [0.3, 0.4) is 0 Å². The molecule has 8 heteroatoms. The van der Waals surface area contributed by atoms with Gasteiger partial charge in [0, 0.05) is 36.1 Å². The number of nitrogens with one attached hydrogen (secondary N) is 2. The van der Waals surface area contributed by atoms with Gasteiger partial charge in [-0.15, -0.1) is 0 Å². The number of anilines is 3. The van der Waals surface area contributed by atoms with Crippen LogP contribution in [0.5, 0.6) is 0 Å². The van der Waals surface area contributed by atoms with E-state index in [0.717, 1.165) is 29.5 Å². The second-order valence-corrected chi connectivity index (χ2v) is 6.75. The number of hydrogen-bond acceptors (Lipinski definition) is 3. The van der Waals surface area contributed by atoms with Crippen LogP contribution in [0.2, 0.25) is 0 Å². The first-order chi connectivity index (χ1) is 13.7. The van der Waals surface area contributed by atoms with Crippen LogP contribution < -0.4 is 15.5 Å². The van der Waals surface area contributed by atoms with Gasteiger partial charge in [-0.05, 0) is 48.9 Å². The first-order valence-corrected chi connectivity index (χ1v) is 8.96. The Kier molecular flexibility index (Phi) is 5.63. The summed E-state index contributed by atoms with van der Waals surface area (Å²) in [4.78, 5) is 25.2. The van der Waals surface area contributed by atoms with E-state index in [2.05, 4.69) is 17.2 Å². The standard InChI is InChI=1S/C21H20F3N3O2/c1-3-20(29)26-15-11-17-18(25-13(2)28)5-4-6-19(17)27(12-15)16-9-7-14(8-10-16)21(22,23)24/h3-10,15H,1,11-12H2,2H3,(H,25,28)(H,26,29). The molecule has 29 heavy (non-hydrogen) atoms. The van der Waals surface area contributed by atoms with Crippen molar-refractivity contribution in [2.24, 2.45) is 0 Å². The van der Waals surface area contributed by atoms with E-state index in [9.17, 15) is 22.8 Å². The highest BCUT2D eigenvalue weighted by Gasteiger charge is 2.32. The molecule has 0 aromatic heterocycles. The number of benzene rings is 2. The number of carbonyl (C=O) groups is 2. The molecule has 0 spiro atoms. The third-order valence-electron chi connectivity index (χ3n) is 4.64. The SMILES string of the molecule is C=CC(=O)NC1Cc2c(NC(C)=O)cccc2N(c2ccc(C(F)(F)F)cc2)C1. The molecule has 1 unspecified atom stereocenters. The monoisotopic (exact) mass is 403 g/mol. The molecule has 1 heterocycles. The van der Waals surface area contributed by atoms with Crippen LogP contribution >= 0.6 is 0 Å². The van der Waals surface area contributed by atoms with Crippen molar-refractivity contribution >= 4 is 28.9 Å². The highest BCUT2D eigenvalue weighted by Crippen LogP contribution is 2.38. The fourth-order valence-electron chi connectivity index (χ4n) is 3.41. The van der Waals surface area contributed by atoms with Crippen LogP contribution in [0.1, 0.15) is 18.1 Å². The normalized spacial score (nSPS) is 16.0. The van der Waals surface area contributed by atoms with Gasteiger partial charge < -0.3 is 15.5 Å². The van der Waals surface area contributed by atoms with Crippen LogP contribution in [0.4, 0.5) is 30.2 Å². The Labute approximate surface area is 166 Å². The third-order valence-corrected chi connectivity index (χ3v) is 4.64. The fraction of sp³-hybridized carbons (Fsp3) is 0.238. The first-order valence-electron chi connectivity index (χ1n) is 8.96. The van der Waals surface area contributed by atoms with Crippen molar-refractivity contribution in [2.45, 2.75) is 25.6 Å². The van der Waals surface area contributed by atoms with E-state index in [1.165, 1.54) is 19.1 Å². The van der Waals surface area contributed by atoms with Crippen molar-refractivity contribution in [1.82, 2.24) is 5.32 Å². The predicted octanol–water partition coefficient (Wildman–Crippen LogP) is 4.03. The topological polar surface area (TPSA) is 61.4 Å². The van der Waals surface area contributed by atoms with Crippen LogP contribution in [-0.4, -0.2) is 24.4 Å². The third kappa shape index (κ3) is 4.59. The van der Waals surface area contributed by atoms with Gasteiger partial charge in [0.15, 0.2) is 0 Å². The summed E-state index contributed by atoms with van der Waals surface area (Å²) in [5.74, 6) is -0.584. The maximum absolute atomic E-state index is 12.9. The molecule has 0 saturated carbocycles. The lowest BCUT2D eigenvalue weighted by atomic mass is 9.95. The van der Waals surface area contributed by atoms with Gasteiger partial charge in [0.05, 0.1) is 11.6 Å². The summed E-state index contributed by atoms with van der Waals surface area (Å²) >= 11 is 0. The van der Waals surface area contributed by atoms with Gasteiger partial charge in [-0.1, -0.05) is 12.6 Å². The molecule has 0 aliphatic carbocycles. The van der Waals surface area contributed by atoms with Crippen LogP contribution in [0.25, 0.3) is 0 Å². The quantitative estimate of drug-likeness (QED) is 0.758. The molecular formula is C21H20F3N3O2.